The molecule has 6 aromatic rings. The summed E-state index contributed by atoms with van der Waals surface area (Å²) in [5.41, 5.74) is 4.35. The number of benzene rings is 6. The standard InChI is InChI=1S/C60H66O13/c1-58(2)70-51-48(69-57-55(53(51)71-58)72-59(3,4)73-57)38-66-56-54(65-37-42-23-15-9-16-24-42)52(64-36-41-21-13-8-14-22-41)50(63-35-40-19-11-7-12-20-40)49(68-56)39-67-60(43-25-17-10-18-26-43,44-27-31-46(61-5)32-28-44)45-29-33-47(62-6)34-30-45/h7-34,48-57H,35-39H2,1-6H3/t48-,49-,50-,51+,52+,53+,54-,55-,56+,57-/m1/s1. The van der Waals surface area contributed by atoms with Crippen LogP contribution in [0.25, 0.3) is 0 Å². The third-order valence-electron chi connectivity index (χ3n) is 13.8. The fraction of sp³-hybridized carbons (Fsp3) is 0.400. The van der Waals surface area contributed by atoms with Gasteiger partial charge in [0.25, 0.3) is 0 Å². The van der Waals surface area contributed by atoms with Crippen LogP contribution >= 0.6 is 0 Å². The second-order valence-electron chi connectivity index (χ2n) is 19.7. The summed E-state index contributed by atoms with van der Waals surface area (Å²) in [5.74, 6) is -0.385. The Hall–Kier alpha value is -5.52. The topological polar surface area (TPSA) is 120 Å². The second kappa shape index (κ2) is 22.5. The molecule has 0 aliphatic carbocycles. The molecule has 73 heavy (non-hydrogen) atoms. The highest BCUT2D eigenvalue weighted by molar-refractivity contribution is 5.50. The summed E-state index contributed by atoms with van der Waals surface area (Å²) < 4.78 is 86.8. The van der Waals surface area contributed by atoms with Gasteiger partial charge in [0.05, 0.1) is 47.3 Å². The van der Waals surface area contributed by atoms with Crippen LogP contribution in [-0.2, 0) is 77.5 Å². The van der Waals surface area contributed by atoms with Gasteiger partial charge in [-0.05, 0) is 85.3 Å². The molecule has 384 valence electrons. The minimum absolute atomic E-state index is 0.00263. The summed E-state index contributed by atoms with van der Waals surface area (Å²) in [7, 11) is 3.31. The highest BCUT2D eigenvalue weighted by Crippen LogP contribution is 2.46. The first-order valence-electron chi connectivity index (χ1n) is 25.1. The smallest absolute Gasteiger partial charge is 0.190 e. The lowest BCUT2D eigenvalue weighted by Crippen LogP contribution is -2.63. The predicted molar refractivity (Wildman–Crippen MR) is 270 cm³/mol. The lowest BCUT2D eigenvalue weighted by molar-refractivity contribution is -0.338. The molecule has 4 fully saturated rings. The molecule has 0 bridgehead atoms. The van der Waals surface area contributed by atoms with Gasteiger partial charge in [0.2, 0.25) is 0 Å². The van der Waals surface area contributed by atoms with Crippen LogP contribution in [0.5, 0.6) is 11.5 Å². The van der Waals surface area contributed by atoms with Crippen molar-refractivity contribution < 1.29 is 61.6 Å². The summed E-state index contributed by atoms with van der Waals surface area (Å²) in [5, 5.41) is 0. The number of fused-ring (bicyclic) bond motifs is 3. The summed E-state index contributed by atoms with van der Waals surface area (Å²) in [4.78, 5) is 0. The Kier molecular flexibility index (Phi) is 15.7. The van der Waals surface area contributed by atoms with E-state index in [1.165, 1.54) is 0 Å². The first-order valence-corrected chi connectivity index (χ1v) is 25.1. The van der Waals surface area contributed by atoms with E-state index in [1.54, 1.807) is 14.2 Å². The van der Waals surface area contributed by atoms with Crippen molar-refractivity contribution in [1.82, 2.24) is 0 Å². The van der Waals surface area contributed by atoms with Crippen molar-refractivity contribution in [3.63, 3.8) is 0 Å². The van der Waals surface area contributed by atoms with Crippen molar-refractivity contribution in [1.29, 1.82) is 0 Å². The van der Waals surface area contributed by atoms with Crippen LogP contribution in [0.4, 0.5) is 0 Å². The Labute approximate surface area is 428 Å². The van der Waals surface area contributed by atoms with Gasteiger partial charge < -0.3 is 61.6 Å². The third-order valence-corrected chi connectivity index (χ3v) is 13.8. The highest BCUT2D eigenvalue weighted by Gasteiger charge is 2.61. The molecule has 0 amide bonds. The zero-order valence-electron chi connectivity index (χ0n) is 42.3. The van der Waals surface area contributed by atoms with E-state index in [0.29, 0.717) is 11.5 Å². The van der Waals surface area contributed by atoms with Crippen molar-refractivity contribution >= 4 is 0 Å². The van der Waals surface area contributed by atoms with Crippen LogP contribution in [0.2, 0.25) is 0 Å². The maximum atomic E-state index is 7.59. The van der Waals surface area contributed by atoms with Crippen LogP contribution in [0.15, 0.2) is 170 Å². The predicted octanol–water partition coefficient (Wildman–Crippen LogP) is 9.91. The molecule has 10 atom stereocenters. The molecule has 13 heteroatoms. The Morgan fingerprint density at radius 2 is 0.849 bits per heavy atom. The van der Waals surface area contributed by atoms with E-state index in [1.807, 2.05) is 185 Å². The number of hydrogen-bond donors (Lipinski definition) is 0. The maximum Gasteiger partial charge on any atom is 0.190 e. The molecule has 4 aliphatic heterocycles. The molecule has 6 aromatic carbocycles. The lowest BCUT2D eigenvalue weighted by Gasteiger charge is -2.47. The van der Waals surface area contributed by atoms with Crippen molar-refractivity contribution in [2.45, 2.75) is 126 Å². The van der Waals surface area contributed by atoms with Crippen molar-refractivity contribution in [2.24, 2.45) is 0 Å². The van der Waals surface area contributed by atoms with E-state index in [2.05, 4.69) is 12.1 Å². The Bertz CT molecular complexity index is 2590. The fourth-order valence-corrected chi connectivity index (χ4v) is 10.3. The van der Waals surface area contributed by atoms with E-state index in [4.69, 9.17) is 61.6 Å². The van der Waals surface area contributed by atoms with Gasteiger partial charge in [0, 0.05) is 0 Å². The van der Waals surface area contributed by atoms with E-state index < -0.39 is 78.6 Å². The number of ether oxygens (including phenoxy) is 13. The second-order valence-corrected chi connectivity index (χ2v) is 19.7. The first-order chi connectivity index (χ1) is 35.5. The molecule has 4 saturated heterocycles. The summed E-state index contributed by atoms with van der Waals surface area (Å²) >= 11 is 0. The zero-order chi connectivity index (χ0) is 50.4. The molecule has 10 rings (SSSR count). The van der Waals surface area contributed by atoms with Gasteiger partial charge in [-0.3, -0.25) is 0 Å². The first kappa shape index (κ1) is 51.0. The molecule has 0 aromatic heterocycles. The summed E-state index contributed by atoms with van der Waals surface area (Å²) in [6.45, 7) is 8.26. The lowest BCUT2D eigenvalue weighted by atomic mass is 9.80. The average molecular weight is 995 g/mol. The van der Waals surface area contributed by atoms with Gasteiger partial charge in [-0.15, -0.1) is 0 Å². The Morgan fingerprint density at radius 3 is 1.37 bits per heavy atom. The molecule has 0 N–H and O–H groups in total. The van der Waals surface area contributed by atoms with Crippen molar-refractivity contribution in [3.05, 3.63) is 203 Å². The van der Waals surface area contributed by atoms with Gasteiger partial charge >= 0.3 is 0 Å². The fourth-order valence-electron chi connectivity index (χ4n) is 10.3. The quantitative estimate of drug-likeness (QED) is 0.0676. The van der Waals surface area contributed by atoms with Crippen molar-refractivity contribution in [3.8, 4) is 11.5 Å². The van der Waals surface area contributed by atoms with Gasteiger partial charge in [0.1, 0.15) is 65.9 Å². The monoisotopic (exact) mass is 994 g/mol. The molecule has 0 radical (unpaired) electrons. The van der Waals surface area contributed by atoms with Gasteiger partial charge in [-0.1, -0.05) is 146 Å². The van der Waals surface area contributed by atoms with Gasteiger partial charge in [-0.25, -0.2) is 0 Å². The van der Waals surface area contributed by atoms with E-state index >= 15 is 0 Å². The van der Waals surface area contributed by atoms with Crippen molar-refractivity contribution in [2.75, 3.05) is 27.4 Å². The Morgan fingerprint density at radius 1 is 0.411 bits per heavy atom. The SMILES string of the molecule is COc1ccc(C(OC[C@H]2O[C@H](OC[C@H]3O[C@@H]4OC(C)(C)O[C@@H]4[C@H]4OC(C)(C)O[C@H]43)[C@H](OCc3ccccc3)[C@@H](OCc3ccccc3)[C@@H]2OCc2ccccc2)(c2ccccc2)c2ccc(OC)cc2)cc1. The normalized spacial score (nSPS) is 27.2. The number of methoxy groups -OCH3 is 2. The maximum absolute atomic E-state index is 7.59. The summed E-state index contributed by atoms with van der Waals surface area (Å²) in [6, 6.07) is 56.2. The van der Waals surface area contributed by atoms with Crippen LogP contribution in [-0.4, -0.2) is 100 Å². The van der Waals surface area contributed by atoms with Crippen LogP contribution in [0.3, 0.4) is 0 Å². The molecule has 4 heterocycles. The molecular formula is C60H66O13. The third kappa shape index (κ3) is 11.6. The largest absolute Gasteiger partial charge is 0.497 e. The van der Waals surface area contributed by atoms with E-state index in [-0.39, 0.29) is 33.0 Å². The zero-order valence-corrected chi connectivity index (χ0v) is 42.3. The van der Waals surface area contributed by atoms with E-state index in [0.717, 1.165) is 33.4 Å². The molecular weight excluding hydrogens is 929 g/mol. The Balaban J connectivity index is 1.06. The highest BCUT2D eigenvalue weighted by atomic mass is 16.9. The number of rotatable bonds is 20. The average Bonchev–Trinajstić information content (AvgIpc) is 3.93. The minimum Gasteiger partial charge on any atom is -0.497 e. The summed E-state index contributed by atoms with van der Waals surface area (Å²) in [6.07, 6.45) is -7.14. The van der Waals surface area contributed by atoms with Gasteiger partial charge in [0.15, 0.2) is 24.2 Å². The molecule has 4 aliphatic rings. The van der Waals surface area contributed by atoms with Crippen LogP contribution in [0, 0.1) is 0 Å². The van der Waals surface area contributed by atoms with Crippen LogP contribution in [0.1, 0.15) is 61.1 Å². The minimum atomic E-state index is -1.18. The molecule has 0 spiro atoms. The van der Waals surface area contributed by atoms with Crippen LogP contribution < -0.4 is 9.47 Å². The molecule has 0 saturated carbocycles. The van der Waals surface area contributed by atoms with Gasteiger partial charge in [-0.2, -0.15) is 0 Å². The molecule has 13 nitrogen and oxygen atoms in total. The van der Waals surface area contributed by atoms with E-state index in [9.17, 15) is 0 Å². The molecule has 0 unspecified atom stereocenters. The number of hydrogen-bond acceptors (Lipinski definition) is 13.